The number of morpholine rings is 1. The summed E-state index contributed by atoms with van der Waals surface area (Å²) in [5.41, 5.74) is 0.0175. The molecule has 1 N–H and O–H groups in total. The van der Waals surface area contributed by atoms with Gasteiger partial charge < -0.3 is 15.0 Å². The van der Waals surface area contributed by atoms with Crippen molar-refractivity contribution in [2.45, 2.75) is 0 Å². The van der Waals surface area contributed by atoms with Gasteiger partial charge in [0.15, 0.2) is 17.5 Å². The van der Waals surface area contributed by atoms with Gasteiger partial charge in [-0.1, -0.05) is 6.07 Å². The van der Waals surface area contributed by atoms with E-state index in [-0.39, 0.29) is 22.8 Å². The van der Waals surface area contributed by atoms with Crippen molar-refractivity contribution in [1.82, 2.24) is 15.2 Å². The molecule has 0 saturated carbocycles. The lowest BCUT2D eigenvalue weighted by atomic mass is 10.1. The first-order valence-corrected chi connectivity index (χ1v) is 9.10. The SMILES string of the molecule is O=C(F)c1ccc(-c2cnnc(Nc3nc(N4CCOCC4)ccc3F)c2)c(F)c1. The Balaban J connectivity index is 1.60. The summed E-state index contributed by atoms with van der Waals surface area (Å²) in [7, 11) is 0. The molecule has 1 aliphatic heterocycles. The van der Waals surface area contributed by atoms with Gasteiger partial charge in [-0.3, -0.25) is 4.79 Å². The average molecular weight is 415 g/mol. The monoisotopic (exact) mass is 415 g/mol. The maximum Gasteiger partial charge on any atom is 0.332 e. The fourth-order valence-corrected chi connectivity index (χ4v) is 3.06. The molecule has 1 aliphatic rings. The second kappa shape index (κ2) is 8.46. The Bertz CT molecular complexity index is 1090. The van der Waals surface area contributed by atoms with E-state index in [1.807, 2.05) is 4.90 Å². The second-order valence-corrected chi connectivity index (χ2v) is 6.52. The number of nitrogens with zero attached hydrogens (tertiary/aromatic N) is 4. The quantitative estimate of drug-likeness (QED) is 0.639. The molecule has 3 aromatic rings. The highest BCUT2D eigenvalue weighted by molar-refractivity contribution is 5.89. The van der Waals surface area contributed by atoms with Crippen LogP contribution >= 0.6 is 0 Å². The average Bonchev–Trinajstić information content (AvgIpc) is 2.76. The summed E-state index contributed by atoms with van der Waals surface area (Å²) < 4.78 is 46.7. The van der Waals surface area contributed by atoms with Gasteiger partial charge in [-0.15, -0.1) is 5.10 Å². The Morgan fingerprint density at radius 2 is 1.87 bits per heavy atom. The van der Waals surface area contributed by atoms with Gasteiger partial charge in [-0.25, -0.2) is 13.8 Å². The normalized spacial score (nSPS) is 13.9. The summed E-state index contributed by atoms with van der Waals surface area (Å²) >= 11 is 0. The number of pyridine rings is 1. The molecule has 4 rings (SSSR count). The molecule has 0 radical (unpaired) electrons. The number of hydrogen-bond donors (Lipinski definition) is 1. The molecule has 0 aliphatic carbocycles. The first kappa shape index (κ1) is 19.8. The molecule has 154 valence electrons. The molecule has 3 heterocycles. The van der Waals surface area contributed by atoms with Crippen LogP contribution in [-0.4, -0.2) is 47.5 Å². The molecule has 2 aromatic heterocycles. The number of ether oxygens (including phenoxy) is 1. The van der Waals surface area contributed by atoms with Crippen LogP contribution in [0.2, 0.25) is 0 Å². The summed E-state index contributed by atoms with van der Waals surface area (Å²) in [4.78, 5) is 17.0. The lowest BCUT2D eigenvalue weighted by Crippen LogP contribution is -2.36. The Labute approximate surface area is 169 Å². The van der Waals surface area contributed by atoms with Crippen molar-refractivity contribution in [3.8, 4) is 11.1 Å². The Morgan fingerprint density at radius 3 is 2.60 bits per heavy atom. The topological polar surface area (TPSA) is 80.2 Å². The largest absolute Gasteiger partial charge is 0.378 e. The third-order valence-corrected chi connectivity index (χ3v) is 4.57. The smallest absolute Gasteiger partial charge is 0.332 e. The number of carbonyl (C=O) groups is 1. The van der Waals surface area contributed by atoms with Gasteiger partial charge in [0.05, 0.1) is 25.0 Å². The van der Waals surface area contributed by atoms with Crippen molar-refractivity contribution in [2.24, 2.45) is 0 Å². The number of rotatable bonds is 5. The van der Waals surface area contributed by atoms with Crippen molar-refractivity contribution >= 4 is 23.5 Å². The van der Waals surface area contributed by atoms with Crippen LogP contribution in [0.5, 0.6) is 0 Å². The van der Waals surface area contributed by atoms with Gasteiger partial charge >= 0.3 is 6.04 Å². The van der Waals surface area contributed by atoms with Gasteiger partial charge in [-0.2, -0.15) is 9.49 Å². The van der Waals surface area contributed by atoms with Crippen LogP contribution in [0.15, 0.2) is 42.6 Å². The second-order valence-electron chi connectivity index (χ2n) is 6.52. The Hall–Kier alpha value is -3.53. The molecular weight excluding hydrogens is 399 g/mol. The lowest BCUT2D eigenvalue weighted by molar-refractivity contribution is 0.0835. The molecule has 7 nitrogen and oxygen atoms in total. The van der Waals surface area contributed by atoms with Gasteiger partial charge in [0.2, 0.25) is 0 Å². The van der Waals surface area contributed by atoms with Crippen molar-refractivity contribution < 1.29 is 22.7 Å². The van der Waals surface area contributed by atoms with E-state index in [4.69, 9.17) is 4.74 Å². The highest BCUT2D eigenvalue weighted by Crippen LogP contribution is 2.27. The van der Waals surface area contributed by atoms with Crippen LogP contribution in [0.4, 0.5) is 30.6 Å². The summed E-state index contributed by atoms with van der Waals surface area (Å²) in [6.45, 7) is 2.41. The fraction of sp³-hybridized carbons (Fsp3) is 0.200. The first-order valence-electron chi connectivity index (χ1n) is 9.10. The predicted molar refractivity (Wildman–Crippen MR) is 103 cm³/mol. The van der Waals surface area contributed by atoms with Crippen LogP contribution in [0.1, 0.15) is 10.4 Å². The Morgan fingerprint density at radius 1 is 1.07 bits per heavy atom. The number of benzene rings is 1. The number of nitrogens with one attached hydrogen (secondary N) is 1. The van der Waals surface area contributed by atoms with E-state index in [1.165, 1.54) is 30.5 Å². The molecule has 0 spiro atoms. The van der Waals surface area contributed by atoms with Crippen molar-refractivity contribution in [2.75, 3.05) is 36.5 Å². The molecular formula is C20H16F3N5O2. The van der Waals surface area contributed by atoms with E-state index in [0.717, 1.165) is 6.07 Å². The summed E-state index contributed by atoms with van der Waals surface area (Å²) in [5.74, 6) is -0.705. The minimum Gasteiger partial charge on any atom is -0.378 e. The Kier molecular flexibility index (Phi) is 5.57. The van der Waals surface area contributed by atoms with Crippen molar-refractivity contribution in [3.05, 3.63) is 59.8 Å². The molecule has 0 amide bonds. The van der Waals surface area contributed by atoms with Crippen LogP contribution < -0.4 is 10.2 Å². The van der Waals surface area contributed by atoms with Crippen molar-refractivity contribution in [1.29, 1.82) is 0 Å². The fourth-order valence-electron chi connectivity index (χ4n) is 3.06. The zero-order valence-electron chi connectivity index (χ0n) is 15.6. The summed E-state index contributed by atoms with van der Waals surface area (Å²) in [6.07, 6.45) is 1.30. The van der Waals surface area contributed by atoms with Gasteiger partial charge in [0.25, 0.3) is 0 Å². The predicted octanol–water partition coefficient (Wildman–Crippen LogP) is 3.51. The zero-order chi connectivity index (χ0) is 21.1. The summed E-state index contributed by atoms with van der Waals surface area (Å²) in [6, 6.07) is 5.84. The third-order valence-electron chi connectivity index (χ3n) is 4.57. The van der Waals surface area contributed by atoms with Gasteiger partial charge in [0.1, 0.15) is 11.6 Å². The lowest BCUT2D eigenvalue weighted by Gasteiger charge is -2.28. The van der Waals surface area contributed by atoms with E-state index in [2.05, 4.69) is 20.5 Å². The van der Waals surface area contributed by atoms with E-state index in [0.29, 0.717) is 37.7 Å². The van der Waals surface area contributed by atoms with E-state index in [9.17, 15) is 18.0 Å². The third kappa shape index (κ3) is 4.23. The number of anilines is 3. The first-order chi connectivity index (χ1) is 14.5. The minimum absolute atomic E-state index is 0.0516. The molecule has 1 aromatic carbocycles. The zero-order valence-corrected chi connectivity index (χ0v) is 15.6. The van der Waals surface area contributed by atoms with E-state index in [1.54, 1.807) is 6.07 Å². The molecule has 0 bridgehead atoms. The standard InChI is InChI=1S/C20H16F3N5O2/c21-15-3-4-18(28-5-7-30-8-6-28)26-20(15)25-17-10-13(11-24-27-17)14-2-1-12(19(23)29)9-16(14)22/h1-4,9-11H,5-8H2,(H,25,26,27). The number of aromatic nitrogens is 3. The minimum atomic E-state index is -1.72. The van der Waals surface area contributed by atoms with Crippen LogP contribution in [0.3, 0.4) is 0 Å². The van der Waals surface area contributed by atoms with Crippen LogP contribution in [0, 0.1) is 11.6 Å². The van der Waals surface area contributed by atoms with Crippen LogP contribution in [-0.2, 0) is 4.74 Å². The maximum absolute atomic E-state index is 14.3. The highest BCUT2D eigenvalue weighted by atomic mass is 19.1. The van der Waals surface area contributed by atoms with Gasteiger partial charge in [-0.05, 0) is 30.3 Å². The van der Waals surface area contributed by atoms with Crippen LogP contribution in [0.25, 0.3) is 11.1 Å². The van der Waals surface area contributed by atoms with Gasteiger partial charge in [0, 0.05) is 24.2 Å². The molecule has 1 fully saturated rings. The summed E-state index contributed by atoms with van der Waals surface area (Å²) in [5, 5.41) is 10.4. The molecule has 30 heavy (non-hydrogen) atoms. The highest BCUT2D eigenvalue weighted by Gasteiger charge is 2.16. The molecule has 0 atom stereocenters. The maximum atomic E-state index is 14.3. The van der Waals surface area contributed by atoms with E-state index >= 15 is 0 Å². The molecule has 1 saturated heterocycles. The van der Waals surface area contributed by atoms with Crippen molar-refractivity contribution in [3.63, 3.8) is 0 Å². The van der Waals surface area contributed by atoms with E-state index < -0.39 is 17.7 Å². The molecule has 0 unspecified atom stereocenters. The number of carbonyl (C=O) groups excluding carboxylic acids is 1. The number of halogens is 3. The number of hydrogen-bond acceptors (Lipinski definition) is 7. The molecule has 10 heteroatoms.